The molecule has 98 valence electrons. The van der Waals surface area contributed by atoms with Crippen LogP contribution in [0.2, 0.25) is 5.02 Å². The average molecular weight is 350 g/mol. The molecule has 0 fully saturated rings. The predicted molar refractivity (Wildman–Crippen MR) is 68.9 cm³/mol. The van der Waals surface area contributed by atoms with Crippen molar-refractivity contribution < 1.29 is 18.0 Å². The molecule has 0 unspecified atom stereocenters. The Hall–Kier alpha value is -1.33. The summed E-state index contributed by atoms with van der Waals surface area (Å²) < 4.78 is 41.0. The second-order valence-electron chi connectivity index (χ2n) is 3.70. The van der Waals surface area contributed by atoms with Gasteiger partial charge in [0.05, 0.1) is 11.1 Å². The summed E-state index contributed by atoms with van der Waals surface area (Å²) in [5.41, 5.74) is -1.24. The van der Waals surface area contributed by atoms with Crippen LogP contribution in [0.15, 0.2) is 34.8 Å². The number of rotatable bonds is 2. The van der Waals surface area contributed by atoms with E-state index in [-0.39, 0.29) is 9.50 Å². The van der Waals surface area contributed by atoms with E-state index in [0.29, 0.717) is 0 Å². The van der Waals surface area contributed by atoms with Crippen LogP contribution >= 0.6 is 27.5 Å². The standard InChI is InChI=1S/C13H5BrClF3O/c14-6-3-10(17)12(11(18)4-6)13(19)8-2-1-7(15)5-9(8)16/h1-5H. The van der Waals surface area contributed by atoms with E-state index in [1.165, 1.54) is 6.07 Å². The van der Waals surface area contributed by atoms with Crippen molar-refractivity contribution in [3.8, 4) is 0 Å². The van der Waals surface area contributed by atoms with Gasteiger partial charge in [0.15, 0.2) is 0 Å². The molecule has 0 N–H and O–H groups in total. The minimum absolute atomic E-state index is 0.0887. The van der Waals surface area contributed by atoms with Crippen molar-refractivity contribution in [2.75, 3.05) is 0 Å². The molecule has 19 heavy (non-hydrogen) atoms. The Kier molecular flexibility index (Phi) is 3.96. The molecule has 1 nitrogen and oxygen atoms in total. The first-order valence-corrected chi connectivity index (χ1v) is 6.21. The second kappa shape index (κ2) is 5.35. The van der Waals surface area contributed by atoms with Crippen molar-refractivity contribution in [3.05, 3.63) is 68.4 Å². The first-order valence-electron chi connectivity index (χ1n) is 5.04. The number of ketones is 1. The lowest BCUT2D eigenvalue weighted by atomic mass is 10.0. The van der Waals surface area contributed by atoms with Crippen LogP contribution in [0.25, 0.3) is 0 Å². The summed E-state index contributed by atoms with van der Waals surface area (Å²) >= 11 is 8.44. The van der Waals surface area contributed by atoms with Gasteiger partial charge >= 0.3 is 0 Å². The summed E-state index contributed by atoms with van der Waals surface area (Å²) in [5, 5.41) is 0.0887. The molecule has 0 aliphatic carbocycles. The third-order valence-electron chi connectivity index (χ3n) is 2.41. The monoisotopic (exact) mass is 348 g/mol. The third kappa shape index (κ3) is 2.82. The lowest BCUT2D eigenvalue weighted by molar-refractivity contribution is 0.102. The van der Waals surface area contributed by atoms with Crippen LogP contribution in [0.5, 0.6) is 0 Å². The summed E-state index contributed by atoms with van der Waals surface area (Å²) in [6.07, 6.45) is 0. The van der Waals surface area contributed by atoms with E-state index in [4.69, 9.17) is 11.6 Å². The lowest BCUT2D eigenvalue weighted by Gasteiger charge is -2.06. The average Bonchev–Trinajstić information content (AvgIpc) is 2.26. The fraction of sp³-hybridized carbons (Fsp3) is 0. The molecule has 0 aliphatic heterocycles. The van der Waals surface area contributed by atoms with E-state index in [1.807, 2.05) is 0 Å². The number of hydrogen-bond acceptors (Lipinski definition) is 1. The molecule has 0 heterocycles. The Morgan fingerprint density at radius 2 is 1.58 bits per heavy atom. The molecule has 0 amide bonds. The van der Waals surface area contributed by atoms with E-state index in [1.54, 1.807) is 0 Å². The minimum atomic E-state index is -1.07. The Morgan fingerprint density at radius 1 is 1.00 bits per heavy atom. The van der Waals surface area contributed by atoms with Crippen LogP contribution in [0.4, 0.5) is 13.2 Å². The van der Waals surface area contributed by atoms with Crippen molar-refractivity contribution in [2.45, 2.75) is 0 Å². The molecular weight excluding hydrogens is 344 g/mol. The van der Waals surface area contributed by atoms with Crippen LogP contribution in [0, 0.1) is 17.5 Å². The number of carbonyl (C=O) groups excluding carboxylic acids is 1. The molecular formula is C13H5BrClF3O. The summed E-state index contributed by atoms with van der Waals surface area (Å²) in [5.74, 6) is -4.13. The van der Waals surface area contributed by atoms with Gasteiger partial charge in [0.1, 0.15) is 17.5 Å². The molecule has 0 spiro atoms. The van der Waals surface area contributed by atoms with Gasteiger partial charge in [-0.25, -0.2) is 13.2 Å². The van der Waals surface area contributed by atoms with Gasteiger partial charge < -0.3 is 0 Å². The maximum Gasteiger partial charge on any atom is 0.201 e. The summed E-state index contributed by atoms with van der Waals surface area (Å²) in [6.45, 7) is 0. The minimum Gasteiger partial charge on any atom is -0.288 e. The number of halogens is 5. The number of benzene rings is 2. The molecule has 2 aromatic carbocycles. The highest BCUT2D eigenvalue weighted by atomic mass is 79.9. The third-order valence-corrected chi connectivity index (χ3v) is 3.10. The molecule has 2 rings (SSSR count). The van der Waals surface area contributed by atoms with E-state index < -0.39 is 34.4 Å². The van der Waals surface area contributed by atoms with Crippen molar-refractivity contribution in [3.63, 3.8) is 0 Å². The molecule has 6 heteroatoms. The topological polar surface area (TPSA) is 17.1 Å². The second-order valence-corrected chi connectivity index (χ2v) is 5.05. The first kappa shape index (κ1) is 14.1. The summed E-state index contributed by atoms with van der Waals surface area (Å²) in [7, 11) is 0. The molecule has 0 bridgehead atoms. The van der Waals surface area contributed by atoms with Gasteiger partial charge in [0.2, 0.25) is 5.78 Å². The van der Waals surface area contributed by atoms with Crippen LogP contribution in [0.3, 0.4) is 0 Å². The van der Waals surface area contributed by atoms with Gasteiger partial charge in [-0.1, -0.05) is 27.5 Å². The van der Waals surface area contributed by atoms with E-state index in [9.17, 15) is 18.0 Å². The largest absolute Gasteiger partial charge is 0.288 e. The predicted octanol–water partition coefficient (Wildman–Crippen LogP) is 4.75. The molecule has 0 radical (unpaired) electrons. The van der Waals surface area contributed by atoms with Crippen molar-refractivity contribution >= 4 is 33.3 Å². The van der Waals surface area contributed by atoms with Crippen LogP contribution in [0.1, 0.15) is 15.9 Å². The number of hydrogen-bond donors (Lipinski definition) is 0. The molecule has 0 atom stereocenters. The SMILES string of the molecule is O=C(c1ccc(Cl)cc1F)c1c(F)cc(Br)cc1F. The maximum absolute atomic E-state index is 13.6. The lowest BCUT2D eigenvalue weighted by Crippen LogP contribution is -2.09. The number of carbonyl (C=O) groups is 1. The fourth-order valence-corrected chi connectivity index (χ4v) is 2.13. The zero-order valence-corrected chi connectivity index (χ0v) is 11.5. The molecule has 0 saturated carbocycles. The first-order chi connectivity index (χ1) is 8.90. The van der Waals surface area contributed by atoms with Gasteiger partial charge in [-0.05, 0) is 30.3 Å². The van der Waals surface area contributed by atoms with Gasteiger partial charge in [0, 0.05) is 9.50 Å². The summed E-state index contributed by atoms with van der Waals surface area (Å²) in [4.78, 5) is 12.0. The Balaban J connectivity index is 2.56. The van der Waals surface area contributed by atoms with Gasteiger partial charge in [-0.2, -0.15) is 0 Å². The van der Waals surface area contributed by atoms with Crippen molar-refractivity contribution in [2.24, 2.45) is 0 Å². The summed E-state index contributed by atoms with van der Waals surface area (Å²) in [6, 6.07) is 5.13. The molecule has 2 aromatic rings. The molecule has 0 aromatic heterocycles. The van der Waals surface area contributed by atoms with Crippen LogP contribution < -0.4 is 0 Å². The fourth-order valence-electron chi connectivity index (χ4n) is 1.57. The van der Waals surface area contributed by atoms with Crippen LogP contribution in [-0.4, -0.2) is 5.78 Å². The highest BCUT2D eigenvalue weighted by Crippen LogP contribution is 2.24. The van der Waals surface area contributed by atoms with Gasteiger partial charge in [-0.3, -0.25) is 4.79 Å². The smallest absolute Gasteiger partial charge is 0.201 e. The molecule has 0 aliphatic rings. The van der Waals surface area contributed by atoms with E-state index in [0.717, 1.165) is 24.3 Å². The van der Waals surface area contributed by atoms with E-state index in [2.05, 4.69) is 15.9 Å². The zero-order chi connectivity index (χ0) is 14.2. The Labute approximate surface area is 120 Å². The van der Waals surface area contributed by atoms with Crippen LogP contribution in [-0.2, 0) is 0 Å². The van der Waals surface area contributed by atoms with Gasteiger partial charge in [0.25, 0.3) is 0 Å². The van der Waals surface area contributed by atoms with Crippen molar-refractivity contribution in [1.82, 2.24) is 0 Å². The van der Waals surface area contributed by atoms with Crippen molar-refractivity contribution in [1.29, 1.82) is 0 Å². The Morgan fingerprint density at radius 3 is 2.11 bits per heavy atom. The zero-order valence-electron chi connectivity index (χ0n) is 9.18. The highest BCUT2D eigenvalue weighted by Gasteiger charge is 2.22. The van der Waals surface area contributed by atoms with E-state index >= 15 is 0 Å². The quantitative estimate of drug-likeness (QED) is 0.715. The Bertz CT molecular complexity index is 650. The maximum atomic E-state index is 13.6. The normalized spacial score (nSPS) is 10.6. The molecule has 0 saturated heterocycles. The van der Waals surface area contributed by atoms with Gasteiger partial charge in [-0.15, -0.1) is 0 Å². The highest BCUT2D eigenvalue weighted by molar-refractivity contribution is 9.10.